The molecule has 4 heteroatoms. The third-order valence-corrected chi connectivity index (χ3v) is 2.51. The molecule has 0 atom stereocenters. The summed E-state index contributed by atoms with van der Waals surface area (Å²) in [4.78, 5) is 11.3. The van der Waals surface area contributed by atoms with E-state index in [1.54, 1.807) is 5.70 Å². The molecule has 0 aromatic heterocycles. The lowest BCUT2D eigenvalue weighted by molar-refractivity contribution is -0.138. The van der Waals surface area contributed by atoms with Gasteiger partial charge in [0.1, 0.15) is 11.6 Å². The SMILES string of the molecule is CCCOC(=O)C(C#N)=C[Si](C)(C)C. The Morgan fingerprint density at radius 1 is 1.50 bits per heavy atom. The van der Waals surface area contributed by atoms with Crippen molar-refractivity contribution in [1.82, 2.24) is 0 Å². The molecule has 0 heterocycles. The fraction of sp³-hybridized carbons (Fsp3) is 0.600. The van der Waals surface area contributed by atoms with Gasteiger partial charge in [0, 0.05) is 0 Å². The van der Waals surface area contributed by atoms with E-state index >= 15 is 0 Å². The van der Waals surface area contributed by atoms with Crippen molar-refractivity contribution in [2.24, 2.45) is 0 Å². The van der Waals surface area contributed by atoms with Gasteiger partial charge >= 0.3 is 5.97 Å². The number of nitriles is 1. The first-order chi connectivity index (χ1) is 6.40. The summed E-state index contributed by atoms with van der Waals surface area (Å²) in [6.45, 7) is 8.50. The molecule has 0 radical (unpaired) electrons. The van der Waals surface area contributed by atoms with Gasteiger partial charge in [0.05, 0.1) is 14.7 Å². The number of rotatable bonds is 4. The molecular weight excluding hydrogens is 194 g/mol. The van der Waals surface area contributed by atoms with Gasteiger partial charge in [-0.15, -0.1) is 0 Å². The average molecular weight is 211 g/mol. The maximum absolute atomic E-state index is 11.3. The van der Waals surface area contributed by atoms with E-state index in [0.29, 0.717) is 6.61 Å². The van der Waals surface area contributed by atoms with Gasteiger partial charge in [0.2, 0.25) is 0 Å². The monoisotopic (exact) mass is 211 g/mol. The Balaban J connectivity index is 4.51. The van der Waals surface area contributed by atoms with Crippen LogP contribution in [-0.4, -0.2) is 20.7 Å². The molecule has 0 aliphatic rings. The van der Waals surface area contributed by atoms with E-state index < -0.39 is 14.0 Å². The summed E-state index contributed by atoms with van der Waals surface area (Å²) < 4.78 is 4.88. The van der Waals surface area contributed by atoms with Crippen LogP contribution in [-0.2, 0) is 9.53 Å². The Bertz CT molecular complexity index is 271. The minimum absolute atomic E-state index is 0.151. The fourth-order valence-corrected chi connectivity index (χ4v) is 1.89. The van der Waals surface area contributed by atoms with Crippen LogP contribution in [0.3, 0.4) is 0 Å². The van der Waals surface area contributed by atoms with E-state index in [4.69, 9.17) is 10.00 Å². The zero-order valence-corrected chi connectivity index (χ0v) is 10.3. The molecule has 0 unspecified atom stereocenters. The van der Waals surface area contributed by atoms with Crippen LogP contribution in [0, 0.1) is 11.3 Å². The molecule has 0 aromatic rings. The molecule has 0 saturated carbocycles. The molecule has 78 valence electrons. The fourth-order valence-electron chi connectivity index (χ4n) is 0.842. The molecule has 0 N–H and O–H groups in total. The lowest BCUT2D eigenvalue weighted by Gasteiger charge is -2.09. The summed E-state index contributed by atoms with van der Waals surface area (Å²) in [6.07, 6.45) is 0.775. The van der Waals surface area contributed by atoms with Crippen LogP contribution in [0.2, 0.25) is 19.6 Å². The summed E-state index contributed by atoms with van der Waals surface area (Å²) in [6, 6.07) is 1.89. The van der Waals surface area contributed by atoms with Crippen LogP contribution in [0.4, 0.5) is 0 Å². The number of hydrogen-bond donors (Lipinski definition) is 0. The predicted molar refractivity (Wildman–Crippen MR) is 58.3 cm³/mol. The molecular formula is C10H17NO2Si. The largest absolute Gasteiger partial charge is 0.462 e. The summed E-state index contributed by atoms with van der Waals surface area (Å²) >= 11 is 0. The molecule has 0 spiro atoms. The first kappa shape index (κ1) is 12.9. The van der Waals surface area contributed by atoms with E-state index in [-0.39, 0.29) is 5.57 Å². The standard InChI is InChI=1S/C10H17NO2Si/c1-5-6-13-10(12)9(7-11)8-14(2,3)4/h8H,5-6H2,1-4H3. The molecule has 0 rings (SSSR count). The van der Waals surface area contributed by atoms with Crippen molar-refractivity contribution in [2.75, 3.05) is 6.61 Å². The van der Waals surface area contributed by atoms with Crippen molar-refractivity contribution in [2.45, 2.75) is 33.0 Å². The lowest BCUT2D eigenvalue weighted by Crippen LogP contribution is -2.19. The van der Waals surface area contributed by atoms with Gasteiger partial charge in [0.15, 0.2) is 0 Å². The average Bonchev–Trinajstić information content (AvgIpc) is 2.08. The van der Waals surface area contributed by atoms with E-state index in [2.05, 4.69) is 19.6 Å². The normalized spacial score (nSPS) is 12.1. The molecule has 0 aliphatic carbocycles. The Hall–Kier alpha value is -1.08. The molecule has 0 saturated heterocycles. The zero-order valence-electron chi connectivity index (χ0n) is 9.26. The van der Waals surface area contributed by atoms with Crippen LogP contribution in [0.5, 0.6) is 0 Å². The Morgan fingerprint density at radius 2 is 2.07 bits per heavy atom. The topological polar surface area (TPSA) is 50.1 Å². The number of esters is 1. The van der Waals surface area contributed by atoms with E-state index in [0.717, 1.165) is 6.42 Å². The van der Waals surface area contributed by atoms with Crippen molar-refractivity contribution >= 4 is 14.0 Å². The molecule has 0 fully saturated rings. The third-order valence-electron chi connectivity index (χ3n) is 1.35. The Morgan fingerprint density at radius 3 is 2.43 bits per heavy atom. The van der Waals surface area contributed by atoms with Crippen molar-refractivity contribution in [3.63, 3.8) is 0 Å². The van der Waals surface area contributed by atoms with Gasteiger partial charge in [-0.2, -0.15) is 5.26 Å². The molecule has 14 heavy (non-hydrogen) atoms. The van der Waals surface area contributed by atoms with Gasteiger partial charge < -0.3 is 4.74 Å². The quantitative estimate of drug-likeness (QED) is 0.310. The van der Waals surface area contributed by atoms with Crippen LogP contribution in [0.25, 0.3) is 0 Å². The number of hydrogen-bond acceptors (Lipinski definition) is 3. The highest BCUT2D eigenvalue weighted by atomic mass is 28.3. The maximum atomic E-state index is 11.3. The molecule has 0 amide bonds. The molecule has 0 bridgehead atoms. The van der Waals surface area contributed by atoms with Gasteiger partial charge in [0.25, 0.3) is 0 Å². The number of carbonyl (C=O) groups excluding carboxylic acids is 1. The van der Waals surface area contributed by atoms with Gasteiger partial charge in [-0.1, -0.05) is 32.3 Å². The minimum atomic E-state index is -1.53. The zero-order chi connectivity index (χ0) is 11.2. The van der Waals surface area contributed by atoms with Gasteiger partial charge in [-0.3, -0.25) is 0 Å². The van der Waals surface area contributed by atoms with E-state index in [1.807, 2.05) is 13.0 Å². The molecule has 0 aliphatic heterocycles. The number of nitrogens with zero attached hydrogens (tertiary/aromatic N) is 1. The highest BCUT2D eigenvalue weighted by Crippen LogP contribution is 2.08. The van der Waals surface area contributed by atoms with Crippen molar-refractivity contribution < 1.29 is 9.53 Å². The first-order valence-electron chi connectivity index (χ1n) is 4.70. The number of ether oxygens (including phenoxy) is 1. The third kappa shape index (κ3) is 5.54. The van der Waals surface area contributed by atoms with Crippen molar-refractivity contribution in [1.29, 1.82) is 5.26 Å². The van der Waals surface area contributed by atoms with E-state index in [9.17, 15) is 4.79 Å². The Kier molecular flexibility index (Phi) is 5.17. The van der Waals surface area contributed by atoms with Gasteiger partial charge in [-0.05, 0) is 6.42 Å². The minimum Gasteiger partial charge on any atom is -0.462 e. The van der Waals surface area contributed by atoms with Crippen molar-refractivity contribution in [3.05, 3.63) is 11.3 Å². The van der Waals surface area contributed by atoms with Gasteiger partial charge in [-0.25, -0.2) is 4.79 Å². The summed E-state index contributed by atoms with van der Waals surface area (Å²) in [5.74, 6) is -0.489. The smallest absolute Gasteiger partial charge is 0.348 e. The summed E-state index contributed by atoms with van der Waals surface area (Å²) in [7, 11) is -1.53. The van der Waals surface area contributed by atoms with E-state index in [1.165, 1.54) is 0 Å². The second kappa shape index (κ2) is 5.61. The summed E-state index contributed by atoms with van der Waals surface area (Å²) in [5, 5.41) is 8.76. The van der Waals surface area contributed by atoms with Crippen molar-refractivity contribution in [3.8, 4) is 6.07 Å². The molecule has 3 nitrogen and oxygen atoms in total. The lowest BCUT2D eigenvalue weighted by atomic mass is 10.3. The summed E-state index contributed by atoms with van der Waals surface area (Å²) in [5.41, 5.74) is 1.92. The first-order valence-corrected chi connectivity index (χ1v) is 8.28. The molecule has 0 aromatic carbocycles. The Labute approximate surface area is 86.4 Å². The van der Waals surface area contributed by atoms with Crippen LogP contribution < -0.4 is 0 Å². The second-order valence-corrected chi connectivity index (χ2v) is 9.19. The highest BCUT2D eigenvalue weighted by Gasteiger charge is 2.16. The number of carbonyl (C=O) groups is 1. The van der Waals surface area contributed by atoms with Crippen LogP contribution >= 0.6 is 0 Å². The highest BCUT2D eigenvalue weighted by molar-refractivity contribution is 6.81. The predicted octanol–water partition coefficient (Wildman–Crippen LogP) is 2.27. The van der Waals surface area contributed by atoms with Crippen LogP contribution in [0.1, 0.15) is 13.3 Å². The maximum Gasteiger partial charge on any atom is 0.348 e. The second-order valence-electron chi connectivity index (χ2n) is 4.17. The van der Waals surface area contributed by atoms with Crippen LogP contribution in [0.15, 0.2) is 11.3 Å².